The molecule has 0 saturated heterocycles. The molecule has 0 fully saturated rings. The highest BCUT2D eigenvalue weighted by Crippen LogP contribution is 2.27. The number of alkyl halides is 2. The largest absolute Gasteiger partial charge is 0.506 e. The molecule has 4 N–H and O–H groups in total. The van der Waals surface area contributed by atoms with Gasteiger partial charge in [-0.1, -0.05) is 0 Å². The standard InChI is InChI=1S/C7H8F2N2O2/c8-7(9)5-6(13)3(2-10)1-4(12)11-5/h1,7,13H,2,10H2,(H,11,12). The average Bonchev–Trinajstić information content (AvgIpc) is 2.08. The Hall–Kier alpha value is -1.43. The first-order valence-corrected chi connectivity index (χ1v) is 3.49. The second-order valence-electron chi connectivity index (χ2n) is 2.43. The highest BCUT2D eigenvalue weighted by atomic mass is 19.3. The number of nitrogens with one attached hydrogen (secondary N) is 1. The third-order valence-electron chi connectivity index (χ3n) is 1.56. The third kappa shape index (κ3) is 1.83. The Bertz CT molecular complexity index is 362. The van der Waals surface area contributed by atoms with Gasteiger partial charge in [0.25, 0.3) is 6.43 Å². The highest BCUT2D eigenvalue weighted by molar-refractivity contribution is 5.35. The molecule has 0 amide bonds. The molecule has 0 unspecified atom stereocenters. The summed E-state index contributed by atoms with van der Waals surface area (Å²) in [5.41, 5.74) is 3.66. The van der Waals surface area contributed by atoms with Crippen molar-refractivity contribution in [1.29, 1.82) is 0 Å². The Morgan fingerprint density at radius 1 is 1.62 bits per heavy atom. The first-order chi connectivity index (χ1) is 6.06. The maximum atomic E-state index is 12.2. The molecule has 72 valence electrons. The van der Waals surface area contributed by atoms with E-state index in [0.29, 0.717) is 0 Å². The van der Waals surface area contributed by atoms with Crippen LogP contribution in [0.3, 0.4) is 0 Å². The van der Waals surface area contributed by atoms with E-state index in [1.54, 1.807) is 0 Å². The van der Waals surface area contributed by atoms with Gasteiger partial charge in [-0.3, -0.25) is 4.79 Å². The zero-order valence-corrected chi connectivity index (χ0v) is 6.55. The van der Waals surface area contributed by atoms with Crippen LogP contribution in [0.25, 0.3) is 0 Å². The molecule has 4 nitrogen and oxygen atoms in total. The van der Waals surface area contributed by atoms with E-state index in [2.05, 4.69) is 0 Å². The number of halogens is 2. The van der Waals surface area contributed by atoms with Crippen molar-refractivity contribution in [2.24, 2.45) is 5.73 Å². The number of hydrogen-bond donors (Lipinski definition) is 3. The maximum absolute atomic E-state index is 12.2. The fourth-order valence-electron chi connectivity index (χ4n) is 0.941. The van der Waals surface area contributed by atoms with Crippen LogP contribution in [0.1, 0.15) is 17.7 Å². The van der Waals surface area contributed by atoms with Crippen LogP contribution in [0.5, 0.6) is 5.75 Å². The second-order valence-corrected chi connectivity index (χ2v) is 2.43. The molecule has 13 heavy (non-hydrogen) atoms. The zero-order valence-electron chi connectivity index (χ0n) is 6.55. The average molecular weight is 190 g/mol. The molecule has 0 bridgehead atoms. The lowest BCUT2D eigenvalue weighted by atomic mass is 10.2. The minimum absolute atomic E-state index is 0.0130. The quantitative estimate of drug-likeness (QED) is 0.634. The minimum atomic E-state index is -2.92. The summed E-state index contributed by atoms with van der Waals surface area (Å²) in [6.45, 7) is -0.157. The SMILES string of the molecule is NCc1cc(=O)[nH]c(C(F)F)c1O. The van der Waals surface area contributed by atoms with Gasteiger partial charge in [-0.05, 0) is 0 Å². The lowest BCUT2D eigenvalue weighted by Crippen LogP contribution is -2.12. The Morgan fingerprint density at radius 3 is 2.69 bits per heavy atom. The number of nitrogens with two attached hydrogens (primary N) is 1. The highest BCUT2D eigenvalue weighted by Gasteiger charge is 2.16. The van der Waals surface area contributed by atoms with E-state index in [-0.39, 0.29) is 12.1 Å². The molecule has 0 aliphatic heterocycles. The molecule has 0 aromatic carbocycles. The van der Waals surface area contributed by atoms with Crippen LogP contribution in [-0.4, -0.2) is 10.1 Å². The van der Waals surface area contributed by atoms with Crippen LogP contribution >= 0.6 is 0 Å². The molecule has 0 aliphatic carbocycles. The van der Waals surface area contributed by atoms with Gasteiger partial charge >= 0.3 is 0 Å². The van der Waals surface area contributed by atoms with Crippen molar-refractivity contribution in [3.05, 3.63) is 27.7 Å². The summed E-state index contributed by atoms with van der Waals surface area (Å²) in [5.74, 6) is -0.642. The summed E-state index contributed by atoms with van der Waals surface area (Å²) in [4.78, 5) is 12.6. The molecule has 0 aliphatic rings. The predicted octanol–water partition coefficient (Wildman–Crippen LogP) is 0.477. The Morgan fingerprint density at radius 2 is 2.23 bits per heavy atom. The van der Waals surface area contributed by atoms with Gasteiger partial charge in [0.1, 0.15) is 11.4 Å². The minimum Gasteiger partial charge on any atom is -0.506 e. The van der Waals surface area contributed by atoms with E-state index < -0.39 is 23.4 Å². The molecule has 1 aromatic heterocycles. The summed E-state index contributed by atoms with van der Waals surface area (Å²) < 4.78 is 24.3. The normalized spacial score (nSPS) is 10.8. The number of rotatable bonds is 2. The van der Waals surface area contributed by atoms with Gasteiger partial charge in [0.05, 0.1) is 0 Å². The number of pyridine rings is 1. The summed E-state index contributed by atoms with van der Waals surface area (Å²) in [6, 6.07) is 0.987. The van der Waals surface area contributed by atoms with Crippen molar-refractivity contribution < 1.29 is 13.9 Å². The molecule has 0 spiro atoms. The topological polar surface area (TPSA) is 79.1 Å². The monoisotopic (exact) mass is 190 g/mol. The molecule has 6 heteroatoms. The van der Waals surface area contributed by atoms with Crippen molar-refractivity contribution in [2.75, 3.05) is 0 Å². The number of aromatic hydroxyl groups is 1. The summed E-state index contributed by atoms with van der Waals surface area (Å²) >= 11 is 0. The first-order valence-electron chi connectivity index (χ1n) is 3.49. The molecule has 1 aromatic rings. The van der Waals surface area contributed by atoms with Gasteiger partial charge in [0, 0.05) is 18.2 Å². The molecule has 1 heterocycles. The van der Waals surface area contributed by atoms with Crippen molar-refractivity contribution in [3.8, 4) is 5.75 Å². The lowest BCUT2D eigenvalue weighted by Gasteiger charge is -2.06. The maximum Gasteiger partial charge on any atom is 0.282 e. The van der Waals surface area contributed by atoms with Gasteiger partial charge < -0.3 is 15.8 Å². The summed E-state index contributed by atoms with van der Waals surface area (Å²) in [6.07, 6.45) is -2.92. The third-order valence-corrected chi connectivity index (χ3v) is 1.56. The summed E-state index contributed by atoms with van der Waals surface area (Å²) in [5, 5.41) is 9.15. The molecule has 0 radical (unpaired) electrons. The molecule has 0 saturated carbocycles. The fourth-order valence-corrected chi connectivity index (χ4v) is 0.941. The lowest BCUT2D eigenvalue weighted by molar-refractivity contribution is 0.141. The van der Waals surface area contributed by atoms with E-state index >= 15 is 0 Å². The van der Waals surface area contributed by atoms with Gasteiger partial charge in [0.2, 0.25) is 5.56 Å². The van der Waals surface area contributed by atoms with E-state index in [0.717, 1.165) is 6.07 Å². The second kappa shape index (κ2) is 3.53. The van der Waals surface area contributed by atoms with E-state index in [1.807, 2.05) is 4.98 Å². The van der Waals surface area contributed by atoms with Gasteiger partial charge in [0.15, 0.2) is 0 Å². The zero-order chi connectivity index (χ0) is 10.0. The van der Waals surface area contributed by atoms with Crippen molar-refractivity contribution in [1.82, 2.24) is 4.98 Å². The number of H-pyrrole nitrogens is 1. The van der Waals surface area contributed by atoms with Gasteiger partial charge in [-0.25, -0.2) is 8.78 Å². The molecule has 1 rings (SSSR count). The summed E-state index contributed by atoms with van der Waals surface area (Å²) in [7, 11) is 0. The van der Waals surface area contributed by atoms with Crippen molar-refractivity contribution in [3.63, 3.8) is 0 Å². The van der Waals surface area contributed by atoms with Crippen LogP contribution in [0, 0.1) is 0 Å². The molecular formula is C7H8F2N2O2. The first kappa shape index (κ1) is 9.66. The Labute approximate surface area is 72.0 Å². The van der Waals surface area contributed by atoms with E-state index in [9.17, 15) is 13.6 Å². The fraction of sp³-hybridized carbons (Fsp3) is 0.286. The van der Waals surface area contributed by atoms with Crippen molar-refractivity contribution >= 4 is 0 Å². The van der Waals surface area contributed by atoms with Gasteiger partial charge in [-0.15, -0.1) is 0 Å². The van der Waals surface area contributed by atoms with Gasteiger partial charge in [-0.2, -0.15) is 0 Å². The van der Waals surface area contributed by atoms with Crippen LogP contribution in [-0.2, 0) is 6.54 Å². The number of hydrogen-bond acceptors (Lipinski definition) is 3. The smallest absolute Gasteiger partial charge is 0.282 e. The van der Waals surface area contributed by atoms with E-state index in [4.69, 9.17) is 10.8 Å². The van der Waals surface area contributed by atoms with Crippen LogP contribution in [0.15, 0.2) is 10.9 Å². The number of aromatic nitrogens is 1. The van der Waals surface area contributed by atoms with E-state index in [1.165, 1.54) is 0 Å². The van der Waals surface area contributed by atoms with Crippen molar-refractivity contribution in [2.45, 2.75) is 13.0 Å². The van der Waals surface area contributed by atoms with Crippen LogP contribution in [0.2, 0.25) is 0 Å². The molecule has 0 atom stereocenters. The Balaban J connectivity index is 3.36. The Kier molecular flexibility index (Phi) is 2.62. The van der Waals surface area contributed by atoms with Crippen LogP contribution < -0.4 is 11.3 Å². The molecular weight excluding hydrogens is 182 g/mol. The van der Waals surface area contributed by atoms with Crippen LogP contribution in [0.4, 0.5) is 8.78 Å². The predicted molar refractivity (Wildman–Crippen MR) is 41.6 cm³/mol. The number of aromatic amines is 1.